The molecule has 104 valence electrons. The molecule has 2 aromatic heterocycles. The molecule has 0 atom stereocenters. The fourth-order valence-corrected chi connectivity index (χ4v) is 3.41. The number of aryl methyl sites for hydroxylation is 1. The maximum atomic E-state index is 12.1. The second-order valence-electron chi connectivity index (χ2n) is 4.07. The zero-order valence-electron chi connectivity index (χ0n) is 11.1. The summed E-state index contributed by atoms with van der Waals surface area (Å²) in [5, 5.41) is 15.4. The molecule has 0 aromatic carbocycles. The monoisotopic (exact) mass is 305 g/mol. The summed E-state index contributed by atoms with van der Waals surface area (Å²) >= 11 is 3.03. The fraction of sp³-hybridized carbons (Fsp3) is 0.267. The minimum atomic E-state index is -0.139. The lowest BCUT2D eigenvalue weighted by Gasteiger charge is -2.03. The Hall–Kier alpha value is -1.61. The molecular weight excluding hydrogens is 290 g/mol. The van der Waals surface area contributed by atoms with Gasteiger partial charge < -0.3 is 10.4 Å². The van der Waals surface area contributed by atoms with E-state index in [0.29, 0.717) is 6.54 Å². The molecule has 0 aliphatic rings. The average Bonchev–Trinajstić information content (AvgIpc) is 3.11. The Morgan fingerprint density at radius 1 is 1.45 bits per heavy atom. The van der Waals surface area contributed by atoms with Crippen LogP contribution >= 0.6 is 22.7 Å². The van der Waals surface area contributed by atoms with Crippen molar-refractivity contribution < 1.29 is 9.90 Å². The molecule has 20 heavy (non-hydrogen) atoms. The minimum Gasteiger partial charge on any atom is -0.384 e. The van der Waals surface area contributed by atoms with Crippen molar-refractivity contribution in [3.05, 3.63) is 43.8 Å². The van der Waals surface area contributed by atoms with Crippen LogP contribution in [0.1, 0.15) is 32.6 Å². The molecule has 0 saturated carbocycles. The molecule has 2 heterocycles. The quantitative estimate of drug-likeness (QED) is 0.853. The Labute approximate surface area is 126 Å². The maximum absolute atomic E-state index is 12.1. The molecule has 3 nitrogen and oxygen atoms in total. The summed E-state index contributed by atoms with van der Waals surface area (Å²) in [6.07, 6.45) is 0.867. The summed E-state index contributed by atoms with van der Waals surface area (Å²) in [6.45, 7) is 2.41. The number of rotatable bonds is 4. The lowest BCUT2D eigenvalue weighted by molar-refractivity contribution is 0.0954. The van der Waals surface area contributed by atoms with E-state index in [4.69, 9.17) is 5.11 Å². The molecule has 0 radical (unpaired) electrons. The van der Waals surface area contributed by atoms with Crippen LogP contribution in [-0.4, -0.2) is 17.6 Å². The number of hydrogen-bond donors (Lipinski definition) is 2. The van der Waals surface area contributed by atoms with Crippen LogP contribution < -0.4 is 5.32 Å². The minimum absolute atomic E-state index is 0.0201. The van der Waals surface area contributed by atoms with Crippen molar-refractivity contribution in [2.24, 2.45) is 0 Å². The predicted molar refractivity (Wildman–Crippen MR) is 83.2 cm³/mol. The van der Waals surface area contributed by atoms with E-state index >= 15 is 0 Å². The smallest absolute Gasteiger partial charge is 0.261 e. The molecule has 5 heteroatoms. The van der Waals surface area contributed by atoms with Gasteiger partial charge in [-0.1, -0.05) is 18.8 Å². The second-order valence-corrected chi connectivity index (χ2v) is 5.98. The van der Waals surface area contributed by atoms with E-state index in [0.717, 1.165) is 27.3 Å². The number of thiophene rings is 2. The lowest BCUT2D eigenvalue weighted by Crippen LogP contribution is -2.22. The van der Waals surface area contributed by atoms with Crippen molar-refractivity contribution in [3.8, 4) is 11.8 Å². The van der Waals surface area contributed by atoms with Crippen LogP contribution in [0, 0.1) is 11.8 Å². The molecule has 0 saturated heterocycles. The summed E-state index contributed by atoms with van der Waals surface area (Å²) in [5.74, 6) is 5.43. The zero-order valence-corrected chi connectivity index (χ0v) is 12.7. The summed E-state index contributed by atoms with van der Waals surface area (Å²) < 4.78 is 0. The number of aliphatic hydroxyl groups excluding tert-OH is 1. The highest BCUT2D eigenvalue weighted by Gasteiger charge is 2.11. The molecule has 0 aliphatic heterocycles. The van der Waals surface area contributed by atoms with E-state index in [9.17, 15) is 4.79 Å². The van der Waals surface area contributed by atoms with Crippen LogP contribution in [0.15, 0.2) is 22.9 Å². The van der Waals surface area contributed by atoms with Crippen LogP contribution in [0.5, 0.6) is 0 Å². The third kappa shape index (κ3) is 3.70. The Morgan fingerprint density at radius 2 is 2.30 bits per heavy atom. The third-order valence-corrected chi connectivity index (χ3v) is 4.61. The van der Waals surface area contributed by atoms with Crippen LogP contribution in [0.2, 0.25) is 0 Å². The van der Waals surface area contributed by atoms with Gasteiger partial charge in [0.15, 0.2) is 0 Å². The Kier molecular flexibility index (Phi) is 5.36. The normalized spacial score (nSPS) is 9.90. The standard InChI is InChI=1S/C15H15NO2S2/c1-2-12-5-7-19-14(12)15(18)16-9-13-8-11(10-20-13)4-3-6-17/h5,7-8,10,17H,2,6,9H2,1H3,(H,16,18). The third-order valence-electron chi connectivity index (χ3n) is 2.72. The molecule has 2 rings (SSSR count). The summed E-state index contributed by atoms with van der Waals surface area (Å²) in [5.41, 5.74) is 1.96. The Morgan fingerprint density at radius 3 is 3.05 bits per heavy atom. The average molecular weight is 305 g/mol. The largest absolute Gasteiger partial charge is 0.384 e. The van der Waals surface area contributed by atoms with Crippen molar-refractivity contribution in [2.75, 3.05) is 6.61 Å². The van der Waals surface area contributed by atoms with Gasteiger partial charge in [-0.25, -0.2) is 0 Å². The Bertz CT molecular complexity index is 646. The van der Waals surface area contributed by atoms with E-state index in [1.165, 1.54) is 11.3 Å². The highest BCUT2D eigenvalue weighted by atomic mass is 32.1. The number of nitrogens with one attached hydrogen (secondary N) is 1. The summed E-state index contributed by atoms with van der Waals surface area (Å²) in [4.78, 5) is 13.9. The number of carbonyl (C=O) groups excluding carboxylic acids is 1. The van der Waals surface area contributed by atoms with E-state index in [1.54, 1.807) is 11.3 Å². The van der Waals surface area contributed by atoms with Crippen LogP contribution in [0.3, 0.4) is 0 Å². The van der Waals surface area contributed by atoms with Crippen molar-refractivity contribution in [2.45, 2.75) is 19.9 Å². The highest BCUT2D eigenvalue weighted by molar-refractivity contribution is 7.12. The van der Waals surface area contributed by atoms with Crippen molar-refractivity contribution in [1.29, 1.82) is 0 Å². The van der Waals surface area contributed by atoms with Crippen LogP contribution in [0.4, 0.5) is 0 Å². The highest BCUT2D eigenvalue weighted by Crippen LogP contribution is 2.18. The lowest BCUT2D eigenvalue weighted by atomic mass is 10.2. The van der Waals surface area contributed by atoms with Crippen LogP contribution in [-0.2, 0) is 13.0 Å². The van der Waals surface area contributed by atoms with Crippen molar-refractivity contribution >= 4 is 28.6 Å². The maximum Gasteiger partial charge on any atom is 0.261 e. The molecule has 0 spiro atoms. The topological polar surface area (TPSA) is 49.3 Å². The molecule has 2 aromatic rings. The first-order valence-corrected chi connectivity index (χ1v) is 8.02. The summed E-state index contributed by atoms with van der Waals surface area (Å²) in [6, 6.07) is 3.93. The van der Waals surface area contributed by atoms with Gasteiger partial charge in [0.05, 0.1) is 11.4 Å². The van der Waals surface area contributed by atoms with Crippen molar-refractivity contribution in [1.82, 2.24) is 5.32 Å². The molecule has 0 aliphatic carbocycles. The van der Waals surface area contributed by atoms with E-state index in [-0.39, 0.29) is 12.5 Å². The number of carbonyl (C=O) groups is 1. The zero-order chi connectivity index (χ0) is 14.4. The van der Waals surface area contributed by atoms with Crippen LogP contribution in [0.25, 0.3) is 0 Å². The SMILES string of the molecule is CCc1ccsc1C(=O)NCc1cc(C#CCO)cs1. The van der Waals surface area contributed by atoms with E-state index in [1.807, 2.05) is 29.8 Å². The van der Waals surface area contributed by atoms with Gasteiger partial charge in [0, 0.05) is 15.8 Å². The van der Waals surface area contributed by atoms with Crippen molar-refractivity contribution in [3.63, 3.8) is 0 Å². The number of aliphatic hydroxyl groups is 1. The van der Waals surface area contributed by atoms with Gasteiger partial charge in [-0.05, 0) is 29.5 Å². The van der Waals surface area contributed by atoms with Gasteiger partial charge in [-0.15, -0.1) is 22.7 Å². The van der Waals surface area contributed by atoms with Gasteiger partial charge in [0.1, 0.15) is 6.61 Å². The molecule has 0 fully saturated rings. The Balaban J connectivity index is 1.95. The first-order chi connectivity index (χ1) is 9.74. The van der Waals surface area contributed by atoms with Gasteiger partial charge >= 0.3 is 0 Å². The molecule has 0 unspecified atom stereocenters. The predicted octanol–water partition coefficient (Wildman–Crippen LogP) is 2.65. The first-order valence-electron chi connectivity index (χ1n) is 6.26. The summed E-state index contributed by atoms with van der Waals surface area (Å²) in [7, 11) is 0. The van der Waals surface area contributed by atoms with Gasteiger partial charge in [-0.3, -0.25) is 4.79 Å². The second kappa shape index (κ2) is 7.25. The molecule has 0 bridgehead atoms. The fourth-order valence-electron chi connectivity index (χ4n) is 1.74. The van der Waals surface area contributed by atoms with Gasteiger partial charge in [0.25, 0.3) is 5.91 Å². The molecule has 2 N–H and O–H groups in total. The molecular formula is C15H15NO2S2. The number of amides is 1. The van der Waals surface area contributed by atoms with E-state index < -0.39 is 0 Å². The van der Waals surface area contributed by atoms with Gasteiger partial charge in [0.2, 0.25) is 0 Å². The molecule has 1 amide bonds. The van der Waals surface area contributed by atoms with Gasteiger partial charge in [-0.2, -0.15) is 0 Å². The van der Waals surface area contributed by atoms with E-state index in [2.05, 4.69) is 17.2 Å². The first kappa shape index (κ1) is 14.8. The number of hydrogen-bond acceptors (Lipinski definition) is 4.